The Morgan fingerprint density at radius 3 is 2.23 bits per heavy atom. The van der Waals surface area contributed by atoms with Crippen LogP contribution in [0.15, 0.2) is 28.6 Å². The number of ether oxygens (including phenoxy) is 1. The second-order valence-electron chi connectivity index (χ2n) is 10.1. The van der Waals surface area contributed by atoms with E-state index >= 15 is 0 Å². The van der Waals surface area contributed by atoms with Crippen molar-refractivity contribution in [3.05, 3.63) is 57.9 Å². The van der Waals surface area contributed by atoms with Gasteiger partial charge in [-0.15, -0.1) is 10.2 Å². The van der Waals surface area contributed by atoms with Crippen LogP contribution in [0.4, 0.5) is 5.13 Å². The highest BCUT2D eigenvalue weighted by Crippen LogP contribution is 2.35. The summed E-state index contributed by atoms with van der Waals surface area (Å²) in [5, 5.41) is 11.4. The summed E-state index contributed by atoms with van der Waals surface area (Å²) in [6.45, 7) is 1.98. The van der Waals surface area contributed by atoms with Gasteiger partial charge in [0.1, 0.15) is 0 Å². The van der Waals surface area contributed by atoms with E-state index in [4.69, 9.17) is 4.74 Å². The molecule has 1 saturated heterocycles. The number of carbonyl (C=O) groups is 3. The lowest BCUT2D eigenvalue weighted by molar-refractivity contribution is 0.0302. The molecule has 39 heavy (non-hydrogen) atoms. The number of anilines is 1. The number of hydrogen-bond acceptors (Lipinski definition) is 8. The molecule has 0 unspecified atom stereocenters. The van der Waals surface area contributed by atoms with Gasteiger partial charge in [0.25, 0.3) is 11.8 Å². The molecule has 0 bridgehead atoms. The molecule has 0 atom stereocenters. The molecule has 1 aromatic carbocycles. The second kappa shape index (κ2) is 11.6. The maximum absolute atomic E-state index is 13.4. The van der Waals surface area contributed by atoms with Gasteiger partial charge in [0.05, 0.1) is 30.1 Å². The number of carbonyl (C=O) groups excluding carboxylic acids is 3. The molecule has 204 valence electrons. The first-order chi connectivity index (χ1) is 19.1. The quantitative estimate of drug-likeness (QED) is 0.352. The fourth-order valence-electron chi connectivity index (χ4n) is 5.86. The van der Waals surface area contributed by atoms with Crippen molar-refractivity contribution in [1.82, 2.24) is 19.7 Å². The summed E-state index contributed by atoms with van der Waals surface area (Å²) < 4.78 is 7.97. The van der Waals surface area contributed by atoms with E-state index in [1.807, 2.05) is 4.57 Å². The van der Waals surface area contributed by atoms with Crippen LogP contribution in [0, 0.1) is 0 Å². The Labute approximate surface area is 235 Å². The van der Waals surface area contributed by atoms with Crippen molar-refractivity contribution in [2.24, 2.45) is 0 Å². The lowest BCUT2D eigenvalue weighted by Gasteiger charge is -2.27. The number of nitrogens with zero attached hydrogens (tertiary/aromatic N) is 4. The number of hydrogen-bond donors (Lipinski definition) is 1. The fourth-order valence-corrected chi connectivity index (χ4v) is 7.46. The molecule has 2 aromatic heterocycles. The Morgan fingerprint density at radius 1 is 0.897 bits per heavy atom. The molecule has 3 aromatic rings. The minimum Gasteiger partial charge on any atom is -0.378 e. The van der Waals surface area contributed by atoms with Gasteiger partial charge in [-0.05, 0) is 74.6 Å². The average Bonchev–Trinajstić information content (AvgIpc) is 3.58. The SMILES string of the molecule is O=C(Nc1nnc(SCC(=O)n2c3c(c4c2CCCC4)CCCC3)s1)c1ccccc1C(=O)N1CCOCC1. The van der Waals surface area contributed by atoms with Gasteiger partial charge in [-0.25, -0.2) is 0 Å². The average molecular weight is 566 g/mol. The first kappa shape index (κ1) is 26.2. The summed E-state index contributed by atoms with van der Waals surface area (Å²) >= 11 is 2.58. The van der Waals surface area contributed by atoms with Crippen molar-refractivity contribution < 1.29 is 19.1 Å². The van der Waals surface area contributed by atoms with Crippen LogP contribution < -0.4 is 5.32 Å². The Morgan fingerprint density at radius 2 is 1.54 bits per heavy atom. The molecular weight excluding hydrogens is 534 g/mol. The van der Waals surface area contributed by atoms with Crippen LogP contribution in [0.2, 0.25) is 0 Å². The molecule has 9 nitrogen and oxygen atoms in total. The van der Waals surface area contributed by atoms with Gasteiger partial charge < -0.3 is 9.64 Å². The first-order valence-corrected chi connectivity index (χ1v) is 15.4. The minimum atomic E-state index is -0.415. The lowest BCUT2D eigenvalue weighted by atomic mass is 9.89. The van der Waals surface area contributed by atoms with Crippen LogP contribution in [0.1, 0.15) is 73.7 Å². The number of amides is 2. The Bertz CT molecular complexity index is 1380. The number of thioether (sulfide) groups is 1. The van der Waals surface area contributed by atoms with Gasteiger partial charge in [0, 0.05) is 24.5 Å². The van der Waals surface area contributed by atoms with Gasteiger partial charge >= 0.3 is 0 Å². The molecule has 0 spiro atoms. The molecular formula is C28H31N5O4S2. The summed E-state index contributed by atoms with van der Waals surface area (Å²) in [5.41, 5.74) is 5.96. The van der Waals surface area contributed by atoms with Crippen LogP contribution in [0.5, 0.6) is 0 Å². The molecule has 0 radical (unpaired) electrons. The molecule has 3 heterocycles. The largest absolute Gasteiger partial charge is 0.378 e. The zero-order valence-corrected chi connectivity index (χ0v) is 23.4. The molecule has 11 heteroatoms. The summed E-state index contributed by atoms with van der Waals surface area (Å²) in [4.78, 5) is 41.2. The van der Waals surface area contributed by atoms with Gasteiger partial charge in [-0.1, -0.05) is 35.2 Å². The normalized spacial score (nSPS) is 16.9. The van der Waals surface area contributed by atoms with Crippen LogP contribution in [-0.2, 0) is 30.4 Å². The summed E-state index contributed by atoms with van der Waals surface area (Å²) in [6, 6.07) is 6.78. The summed E-state index contributed by atoms with van der Waals surface area (Å²) in [6.07, 6.45) is 8.81. The number of fused-ring (bicyclic) bond motifs is 3. The summed E-state index contributed by atoms with van der Waals surface area (Å²) in [7, 11) is 0. The summed E-state index contributed by atoms with van der Waals surface area (Å²) in [5.74, 6) is -0.239. The van der Waals surface area contributed by atoms with Crippen molar-refractivity contribution in [2.45, 2.75) is 55.7 Å². The standard InChI is InChI=1S/C28H31N5O4S2/c34-24(33-22-11-5-3-7-18(22)19-8-4-6-12-23(19)33)17-38-28-31-30-27(39-28)29-25(35)20-9-1-2-10-21(20)26(36)32-13-15-37-16-14-32/h1-2,9-10H,3-8,11-17H2,(H,29,30,35). The zero-order chi connectivity index (χ0) is 26.8. The minimum absolute atomic E-state index is 0.0950. The maximum Gasteiger partial charge on any atom is 0.258 e. The predicted octanol–water partition coefficient (Wildman–Crippen LogP) is 4.25. The van der Waals surface area contributed by atoms with Crippen molar-refractivity contribution in [3.8, 4) is 0 Å². The number of nitrogens with one attached hydrogen (secondary N) is 1. The lowest BCUT2D eigenvalue weighted by Crippen LogP contribution is -2.41. The topological polar surface area (TPSA) is 106 Å². The van der Waals surface area contributed by atoms with Crippen molar-refractivity contribution >= 4 is 46.0 Å². The van der Waals surface area contributed by atoms with Gasteiger partial charge in [0.2, 0.25) is 11.0 Å². The highest BCUT2D eigenvalue weighted by Gasteiger charge is 2.29. The monoisotopic (exact) mass is 565 g/mol. The van der Waals surface area contributed by atoms with Crippen molar-refractivity contribution in [1.29, 1.82) is 0 Å². The van der Waals surface area contributed by atoms with E-state index in [0.29, 0.717) is 41.3 Å². The van der Waals surface area contributed by atoms with Crippen LogP contribution in [-0.4, -0.2) is 69.4 Å². The molecule has 1 N–H and O–H groups in total. The molecule has 1 fully saturated rings. The number of aromatic nitrogens is 3. The first-order valence-electron chi connectivity index (χ1n) is 13.6. The van der Waals surface area contributed by atoms with Crippen LogP contribution in [0.25, 0.3) is 0 Å². The van der Waals surface area contributed by atoms with E-state index in [1.165, 1.54) is 58.5 Å². The fraction of sp³-hybridized carbons (Fsp3) is 0.464. The van der Waals surface area contributed by atoms with Crippen molar-refractivity contribution in [3.63, 3.8) is 0 Å². The number of benzene rings is 1. The molecule has 6 rings (SSSR count). The Hall–Kier alpha value is -3.02. The Balaban J connectivity index is 1.12. The third-order valence-corrected chi connectivity index (χ3v) is 9.63. The van der Waals surface area contributed by atoms with Crippen molar-refractivity contribution in [2.75, 3.05) is 37.4 Å². The van der Waals surface area contributed by atoms with Crippen LogP contribution in [0.3, 0.4) is 0 Å². The maximum atomic E-state index is 13.4. The van der Waals surface area contributed by atoms with Gasteiger partial charge in [-0.2, -0.15) is 0 Å². The van der Waals surface area contributed by atoms with Gasteiger partial charge in [-0.3, -0.25) is 24.3 Å². The second-order valence-corrected chi connectivity index (χ2v) is 12.3. The van der Waals surface area contributed by atoms with E-state index in [0.717, 1.165) is 38.5 Å². The Kier molecular flexibility index (Phi) is 7.80. The van der Waals surface area contributed by atoms with E-state index in [2.05, 4.69) is 15.5 Å². The zero-order valence-electron chi connectivity index (χ0n) is 21.7. The molecule has 3 aliphatic rings. The predicted molar refractivity (Wildman–Crippen MR) is 150 cm³/mol. The molecule has 2 aliphatic carbocycles. The van der Waals surface area contributed by atoms with E-state index in [9.17, 15) is 14.4 Å². The van der Waals surface area contributed by atoms with Gasteiger partial charge in [0.15, 0.2) is 4.34 Å². The highest BCUT2D eigenvalue weighted by molar-refractivity contribution is 8.01. The van der Waals surface area contributed by atoms with Crippen LogP contribution >= 0.6 is 23.1 Å². The van der Waals surface area contributed by atoms with E-state index in [1.54, 1.807) is 29.2 Å². The molecule has 0 saturated carbocycles. The number of morpholine rings is 1. The third-order valence-electron chi connectivity index (χ3n) is 7.68. The highest BCUT2D eigenvalue weighted by atomic mass is 32.2. The third kappa shape index (κ3) is 5.39. The molecule has 1 aliphatic heterocycles. The van der Waals surface area contributed by atoms with E-state index < -0.39 is 5.91 Å². The number of rotatable bonds is 6. The van der Waals surface area contributed by atoms with E-state index in [-0.39, 0.29) is 23.1 Å². The smallest absolute Gasteiger partial charge is 0.258 e. The molecule has 2 amide bonds.